The second-order valence-corrected chi connectivity index (χ2v) is 7.53. The average Bonchev–Trinajstić information content (AvgIpc) is 3.37. The Labute approximate surface area is 165 Å². The van der Waals surface area contributed by atoms with E-state index in [1.54, 1.807) is 18.0 Å². The largest absolute Gasteiger partial charge is 0.497 e. The number of carbonyl (C=O) groups is 1. The van der Waals surface area contributed by atoms with E-state index in [4.69, 9.17) is 9.47 Å². The Kier molecular flexibility index (Phi) is 5.81. The lowest BCUT2D eigenvalue weighted by Gasteiger charge is -2.20. The summed E-state index contributed by atoms with van der Waals surface area (Å²) in [6, 6.07) is 5.69. The number of rotatable bonds is 8. The fourth-order valence-electron chi connectivity index (χ4n) is 4.07. The third-order valence-corrected chi connectivity index (χ3v) is 5.57. The van der Waals surface area contributed by atoms with Crippen LogP contribution in [-0.4, -0.2) is 42.4 Å². The molecule has 0 unspecified atom stereocenters. The predicted octanol–water partition coefficient (Wildman–Crippen LogP) is 2.35. The number of nitrogens with zero attached hydrogens (tertiary/aromatic N) is 2. The molecule has 150 valence electrons. The van der Waals surface area contributed by atoms with E-state index in [9.17, 15) is 4.79 Å². The van der Waals surface area contributed by atoms with E-state index in [2.05, 4.69) is 15.7 Å². The molecule has 4 rings (SSSR count). The summed E-state index contributed by atoms with van der Waals surface area (Å²) in [4.78, 5) is 12.4. The lowest BCUT2D eigenvalue weighted by Crippen LogP contribution is -2.35. The van der Waals surface area contributed by atoms with E-state index in [1.807, 2.05) is 18.2 Å². The molecule has 1 aliphatic heterocycles. The molecule has 0 radical (unpaired) electrons. The van der Waals surface area contributed by atoms with Crippen LogP contribution >= 0.6 is 0 Å². The Balaban J connectivity index is 1.33. The van der Waals surface area contributed by atoms with Crippen molar-refractivity contribution in [3.63, 3.8) is 0 Å². The minimum Gasteiger partial charge on any atom is -0.497 e. The van der Waals surface area contributed by atoms with Gasteiger partial charge < -0.3 is 20.1 Å². The van der Waals surface area contributed by atoms with Gasteiger partial charge in [-0.15, -0.1) is 0 Å². The van der Waals surface area contributed by atoms with Gasteiger partial charge in [0, 0.05) is 24.2 Å². The Morgan fingerprint density at radius 3 is 3.00 bits per heavy atom. The van der Waals surface area contributed by atoms with Gasteiger partial charge in [-0.1, -0.05) is 12.8 Å². The van der Waals surface area contributed by atoms with Crippen molar-refractivity contribution in [1.29, 1.82) is 0 Å². The van der Waals surface area contributed by atoms with Gasteiger partial charge in [-0.05, 0) is 43.5 Å². The van der Waals surface area contributed by atoms with Crippen LogP contribution in [-0.2, 0) is 17.9 Å². The molecule has 0 bridgehead atoms. The number of ether oxygens (including phenoxy) is 2. The van der Waals surface area contributed by atoms with E-state index in [1.165, 1.54) is 25.7 Å². The van der Waals surface area contributed by atoms with Crippen LogP contribution in [0.4, 0.5) is 0 Å². The minimum absolute atomic E-state index is 0.0375. The molecule has 0 saturated heterocycles. The zero-order valence-electron chi connectivity index (χ0n) is 16.4. The molecule has 2 aromatic rings. The number of carbonyl (C=O) groups excluding carboxylic acids is 1. The van der Waals surface area contributed by atoms with Gasteiger partial charge in [0.15, 0.2) is 0 Å². The third-order valence-electron chi connectivity index (χ3n) is 5.57. The molecule has 1 saturated carbocycles. The molecule has 28 heavy (non-hydrogen) atoms. The summed E-state index contributed by atoms with van der Waals surface area (Å²) in [5.74, 6) is 2.31. The lowest BCUT2D eigenvalue weighted by molar-refractivity contribution is -0.121. The number of benzene rings is 1. The van der Waals surface area contributed by atoms with Crippen LogP contribution in [0.5, 0.6) is 11.5 Å². The highest BCUT2D eigenvalue weighted by Gasteiger charge is 2.23. The number of nitrogens with one attached hydrogen (secondary N) is 2. The Morgan fingerprint density at radius 2 is 2.18 bits per heavy atom. The Morgan fingerprint density at radius 1 is 1.32 bits per heavy atom. The summed E-state index contributed by atoms with van der Waals surface area (Å²) >= 11 is 0. The van der Waals surface area contributed by atoms with Crippen molar-refractivity contribution in [2.24, 2.45) is 5.92 Å². The molecule has 2 aliphatic rings. The van der Waals surface area contributed by atoms with Gasteiger partial charge >= 0.3 is 0 Å². The molecular weight excluding hydrogens is 356 g/mol. The average molecular weight is 384 g/mol. The van der Waals surface area contributed by atoms with E-state index in [0.29, 0.717) is 13.2 Å². The lowest BCUT2D eigenvalue weighted by atomic mass is 10.0. The maximum Gasteiger partial charge on any atom is 0.241 e. The number of fused-ring (bicyclic) bond motifs is 3. The summed E-state index contributed by atoms with van der Waals surface area (Å²) < 4.78 is 12.9. The summed E-state index contributed by atoms with van der Waals surface area (Å²) in [6.45, 7) is 3.13. The zero-order valence-corrected chi connectivity index (χ0v) is 16.4. The molecule has 1 aromatic carbocycles. The summed E-state index contributed by atoms with van der Waals surface area (Å²) in [5, 5.41) is 10.8. The SMILES string of the molecule is COc1ccc2c(c1)-c1c(cnn1CC(=O)NCCNCC1CCCC1)CO2. The first kappa shape index (κ1) is 18.8. The first-order valence-corrected chi connectivity index (χ1v) is 10.1. The summed E-state index contributed by atoms with van der Waals surface area (Å²) in [6.07, 6.45) is 7.16. The smallest absolute Gasteiger partial charge is 0.241 e. The second-order valence-electron chi connectivity index (χ2n) is 7.53. The van der Waals surface area contributed by atoms with Gasteiger partial charge in [-0.2, -0.15) is 5.10 Å². The number of amides is 1. The van der Waals surface area contributed by atoms with Crippen LogP contribution in [0.3, 0.4) is 0 Å². The second kappa shape index (κ2) is 8.65. The minimum atomic E-state index is -0.0375. The molecule has 7 nitrogen and oxygen atoms in total. The normalized spacial score (nSPS) is 15.6. The van der Waals surface area contributed by atoms with Crippen LogP contribution in [0.2, 0.25) is 0 Å². The molecule has 0 atom stereocenters. The van der Waals surface area contributed by atoms with Crippen LogP contribution in [0.25, 0.3) is 11.3 Å². The van der Waals surface area contributed by atoms with Crippen LogP contribution in [0, 0.1) is 5.92 Å². The molecule has 1 fully saturated rings. The van der Waals surface area contributed by atoms with Crippen molar-refractivity contribution >= 4 is 5.91 Å². The summed E-state index contributed by atoms with van der Waals surface area (Å²) in [7, 11) is 1.64. The van der Waals surface area contributed by atoms with E-state index in [0.717, 1.165) is 47.3 Å². The first-order valence-electron chi connectivity index (χ1n) is 10.1. The van der Waals surface area contributed by atoms with Gasteiger partial charge in [0.1, 0.15) is 24.7 Å². The number of methoxy groups -OCH3 is 1. The molecule has 0 spiro atoms. The van der Waals surface area contributed by atoms with Crippen molar-refractivity contribution in [3.05, 3.63) is 30.0 Å². The molecule has 1 aromatic heterocycles. The van der Waals surface area contributed by atoms with Gasteiger partial charge in [-0.25, -0.2) is 0 Å². The maximum atomic E-state index is 12.4. The third kappa shape index (κ3) is 4.14. The van der Waals surface area contributed by atoms with Gasteiger partial charge in [0.05, 0.1) is 19.0 Å². The highest BCUT2D eigenvalue weighted by Crippen LogP contribution is 2.39. The molecule has 1 aliphatic carbocycles. The standard InChI is InChI=1S/C21H28N4O3/c1-27-17-6-7-19-18(10-17)21-16(14-28-19)12-24-25(21)13-20(26)23-9-8-22-11-15-4-2-3-5-15/h6-7,10,12,15,22H,2-5,8-9,11,13-14H2,1H3,(H,23,26). The van der Waals surface area contributed by atoms with Crippen molar-refractivity contribution in [3.8, 4) is 22.8 Å². The van der Waals surface area contributed by atoms with Gasteiger partial charge in [-0.3, -0.25) is 9.48 Å². The number of hydrogen-bond donors (Lipinski definition) is 2. The van der Waals surface area contributed by atoms with E-state index in [-0.39, 0.29) is 12.5 Å². The van der Waals surface area contributed by atoms with Crippen LogP contribution < -0.4 is 20.1 Å². The summed E-state index contributed by atoms with van der Waals surface area (Å²) in [5.41, 5.74) is 2.81. The Bertz CT molecular complexity index is 827. The van der Waals surface area contributed by atoms with Crippen molar-refractivity contribution in [2.75, 3.05) is 26.7 Å². The first-order chi connectivity index (χ1) is 13.7. The van der Waals surface area contributed by atoms with Crippen molar-refractivity contribution < 1.29 is 14.3 Å². The Hall–Kier alpha value is -2.54. The van der Waals surface area contributed by atoms with Crippen molar-refractivity contribution in [1.82, 2.24) is 20.4 Å². The molecule has 2 heterocycles. The molecule has 1 amide bonds. The van der Waals surface area contributed by atoms with Crippen LogP contribution in [0.1, 0.15) is 31.2 Å². The maximum absolute atomic E-state index is 12.4. The fraction of sp³-hybridized carbons (Fsp3) is 0.524. The van der Waals surface area contributed by atoms with Crippen molar-refractivity contribution in [2.45, 2.75) is 38.8 Å². The number of hydrogen-bond acceptors (Lipinski definition) is 5. The van der Waals surface area contributed by atoms with Crippen LogP contribution in [0.15, 0.2) is 24.4 Å². The van der Waals surface area contributed by atoms with Gasteiger partial charge in [0.25, 0.3) is 0 Å². The topological polar surface area (TPSA) is 77.4 Å². The van der Waals surface area contributed by atoms with E-state index >= 15 is 0 Å². The van der Waals surface area contributed by atoms with E-state index < -0.39 is 0 Å². The predicted molar refractivity (Wildman–Crippen MR) is 106 cm³/mol. The molecule has 2 N–H and O–H groups in total. The highest BCUT2D eigenvalue weighted by atomic mass is 16.5. The molecule has 7 heteroatoms. The zero-order chi connectivity index (χ0) is 19.3. The van der Waals surface area contributed by atoms with Gasteiger partial charge in [0.2, 0.25) is 5.91 Å². The monoisotopic (exact) mass is 384 g/mol. The quantitative estimate of drug-likeness (QED) is 0.683. The fourth-order valence-corrected chi connectivity index (χ4v) is 4.07. The number of aromatic nitrogens is 2. The molecular formula is C21H28N4O3. The highest BCUT2D eigenvalue weighted by molar-refractivity contribution is 5.78.